The summed E-state index contributed by atoms with van der Waals surface area (Å²) in [6, 6.07) is 16.8. The molecule has 25 heavy (non-hydrogen) atoms. The van der Waals surface area contributed by atoms with Gasteiger partial charge in [0.05, 0.1) is 5.52 Å². The number of benzene rings is 2. The lowest BCUT2D eigenvalue weighted by Crippen LogP contribution is -2.31. The molecule has 1 aliphatic rings. The molecule has 4 heteroatoms. The maximum atomic E-state index is 11.8. The molecule has 1 aromatic heterocycles. The average Bonchev–Trinajstić information content (AvgIpc) is 2.63. The highest BCUT2D eigenvalue weighted by Gasteiger charge is 2.20. The van der Waals surface area contributed by atoms with Gasteiger partial charge in [-0.15, -0.1) is 0 Å². The number of aryl methyl sites for hydroxylation is 2. The fraction of sp³-hybridized carbons (Fsp3) is 0.238. The molecule has 1 N–H and O–H groups in total. The molecule has 0 bridgehead atoms. The molecule has 4 nitrogen and oxygen atoms in total. The summed E-state index contributed by atoms with van der Waals surface area (Å²) in [7, 11) is 1.85. The Balaban J connectivity index is 1.52. The second kappa shape index (κ2) is 6.20. The lowest BCUT2D eigenvalue weighted by atomic mass is 10.0. The van der Waals surface area contributed by atoms with Crippen molar-refractivity contribution in [1.29, 1.82) is 0 Å². The molecule has 0 saturated carbocycles. The van der Waals surface area contributed by atoms with E-state index in [-0.39, 0.29) is 5.91 Å². The number of fused-ring (bicyclic) bond motifs is 2. The first-order valence-electron chi connectivity index (χ1n) is 8.60. The third kappa shape index (κ3) is 3.07. The lowest BCUT2D eigenvalue weighted by molar-refractivity contribution is -0.118. The summed E-state index contributed by atoms with van der Waals surface area (Å²) in [6.07, 6.45) is 1.40. The Morgan fingerprint density at radius 3 is 2.84 bits per heavy atom. The van der Waals surface area contributed by atoms with E-state index in [1.165, 1.54) is 11.1 Å². The van der Waals surface area contributed by atoms with E-state index in [4.69, 9.17) is 0 Å². The highest BCUT2D eigenvalue weighted by Crippen LogP contribution is 2.29. The second-order valence-corrected chi connectivity index (χ2v) is 6.63. The molecular formula is C21H21N3O. The van der Waals surface area contributed by atoms with Crippen molar-refractivity contribution in [2.24, 2.45) is 0 Å². The molecule has 2 aromatic carbocycles. The van der Waals surface area contributed by atoms with Crippen molar-refractivity contribution >= 4 is 28.2 Å². The molecule has 3 aromatic rings. The Morgan fingerprint density at radius 1 is 1.08 bits per heavy atom. The number of anilines is 2. The standard InChI is InChI=1S/C21H21N3O/c1-14-3-5-16-11-15(4-8-19(16)23-14)13-22-18-7-9-20-17(12-18)6-10-21(25)24(20)2/h3-5,7-9,11-12,22H,6,10,13H2,1-2H3. The van der Waals surface area contributed by atoms with Crippen molar-refractivity contribution in [3.05, 3.63) is 65.4 Å². The van der Waals surface area contributed by atoms with Gasteiger partial charge in [-0.1, -0.05) is 12.1 Å². The van der Waals surface area contributed by atoms with Crippen molar-refractivity contribution in [1.82, 2.24) is 4.98 Å². The summed E-state index contributed by atoms with van der Waals surface area (Å²) >= 11 is 0. The number of carbonyl (C=O) groups is 1. The lowest BCUT2D eigenvalue weighted by Gasteiger charge is -2.26. The normalized spacial score (nSPS) is 13.8. The monoisotopic (exact) mass is 331 g/mol. The van der Waals surface area contributed by atoms with Gasteiger partial charge in [-0.25, -0.2) is 0 Å². The van der Waals surface area contributed by atoms with Gasteiger partial charge in [0.25, 0.3) is 0 Å². The van der Waals surface area contributed by atoms with Gasteiger partial charge in [0, 0.05) is 42.5 Å². The topological polar surface area (TPSA) is 45.2 Å². The fourth-order valence-electron chi connectivity index (χ4n) is 3.36. The van der Waals surface area contributed by atoms with Crippen LogP contribution in [0.2, 0.25) is 0 Å². The van der Waals surface area contributed by atoms with Gasteiger partial charge in [-0.05, 0) is 60.9 Å². The Bertz CT molecular complexity index is 965. The number of nitrogens with zero attached hydrogens (tertiary/aromatic N) is 2. The minimum atomic E-state index is 0.188. The van der Waals surface area contributed by atoms with Crippen LogP contribution < -0.4 is 10.2 Å². The zero-order valence-corrected chi connectivity index (χ0v) is 14.5. The van der Waals surface area contributed by atoms with Crippen LogP contribution in [0.5, 0.6) is 0 Å². The fourth-order valence-corrected chi connectivity index (χ4v) is 3.36. The number of hydrogen-bond donors (Lipinski definition) is 1. The van der Waals surface area contributed by atoms with E-state index >= 15 is 0 Å². The number of nitrogens with one attached hydrogen (secondary N) is 1. The smallest absolute Gasteiger partial charge is 0.227 e. The summed E-state index contributed by atoms with van der Waals surface area (Å²) in [6.45, 7) is 2.77. The highest BCUT2D eigenvalue weighted by atomic mass is 16.2. The predicted octanol–water partition coefficient (Wildman–Crippen LogP) is 4.06. The number of aromatic nitrogens is 1. The Labute approximate surface area is 147 Å². The Kier molecular flexibility index (Phi) is 3.88. The van der Waals surface area contributed by atoms with Gasteiger partial charge in [-0.2, -0.15) is 0 Å². The largest absolute Gasteiger partial charge is 0.381 e. The van der Waals surface area contributed by atoms with Crippen LogP contribution in [-0.4, -0.2) is 17.9 Å². The first-order chi connectivity index (χ1) is 12.1. The Hall–Kier alpha value is -2.88. The molecule has 0 saturated heterocycles. The molecule has 1 aliphatic heterocycles. The number of rotatable bonds is 3. The maximum Gasteiger partial charge on any atom is 0.227 e. The van der Waals surface area contributed by atoms with Crippen LogP contribution in [0, 0.1) is 6.92 Å². The van der Waals surface area contributed by atoms with Crippen molar-refractivity contribution < 1.29 is 4.79 Å². The molecule has 126 valence electrons. The van der Waals surface area contributed by atoms with Crippen LogP contribution in [0.1, 0.15) is 23.2 Å². The van der Waals surface area contributed by atoms with Crippen LogP contribution >= 0.6 is 0 Å². The van der Waals surface area contributed by atoms with E-state index in [2.05, 4.69) is 40.6 Å². The van der Waals surface area contributed by atoms with Crippen LogP contribution in [0.3, 0.4) is 0 Å². The number of pyridine rings is 1. The average molecular weight is 331 g/mol. The van der Waals surface area contributed by atoms with Crippen LogP contribution in [0.15, 0.2) is 48.5 Å². The molecule has 0 spiro atoms. The van der Waals surface area contributed by atoms with Crippen molar-refractivity contribution in [2.45, 2.75) is 26.3 Å². The number of amides is 1. The van der Waals surface area contributed by atoms with Crippen LogP contribution in [0.4, 0.5) is 11.4 Å². The van der Waals surface area contributed by atoms with Gasteiger partial charge in [0.2, 0.25) is 5.91 Å². The molecule has 0 fully saturated rings. The van der Waals surface area contributed by atoms with Gasteiger partial charge in [0.1, 0.15) is 0 Å². The van der Waals surface area contributed by atoms with Crippen LogP contribution in [-0.2, 0) is 17.8 Å². The van der Waals surface area contributed by atoms with E-state index < -0.39 is 0 Å². The number of carbonyl (C=O) groups excluding carboxylic acids is 1. The van der Waals surface area contributed by atoms with Gasteiger partial charge in [-0.3, -0.25) is 9.78 Å². The van der Waals surface area contributed by atoms with E-state index in [9.17, 15) is 4.79 Å². The van der Waals surface area contributed by atoms with Crippen molar-refractivity contribution in [2.75, 3.05) is 17.3 Å². The predicted molar refractivity (Wildman–Crippen MR) is 102 cm³/mol. The Morgan fingerprint density at radius 2 is 1.96 bits per heavy atom. The molecule has 0 unspecified atom stereocenters. The van der Waals surface area contributed by atoms with E-state index in [1.807, 2.05) is 32.2 Å². The van der Waals surface area contributed by atoms with Gasteiger partial charge in [0.15, 0.2) is 0 Å². The van der Waals surface area contributed by atoms with E-state index in [0.717, 1.165) is 40.9 Å². The molecule has 0 aliphatic carbocycles. The second-order valence-electron chi connectivity index (χ2n) is 6.63. The molecule has 1 amide bonds. The summed E-state index contributed by atoms with van der Waals surface area (Å²) in [5.74, 6) is 0.188. The zero-order valence-electron chi connectivity index (χ0n) is 14.5. The van der Waals surface area contributed by atoms with Crippen molar-refractivity contribution in [3.8, 4) is 0 Å². The summed E-state index contributed by atoms with van der Waals surface area (Å²) in [5.41, 5.74) is 6.63. The first kappa shape index (κ1) is 15.6. The summed E-state index contributed by atoms with van der Waals surface area (Å²) < 4.78 is 0. The summed E-state index contributed by atoms with van der Waals surface area (Å²) in [4.78, 5) is 18.1. The summed E-state index contributed by atoms with van der Waals surface area (Å²) in [5, 5.41) is 4.65. The van der Waals surface area contributed by atoms with Crippen LogP contribution in [0.25, 0.3) is 10.9 Å². The molecule has 0 radical (unpaired) electrons. The molecule has 2 heterocycles. The molecule has 4 rings (SSSR count). The maximum absolute atomic E-state index is 11.8. The van der Waals surface area contributed by atoms with Gasteiger partial charge < -0.3 is 10.2 Å². The molecular weight excluding hydrogens is 310 g/mol. The van der Waals surface area contributed by atoms with Gasteiger partial charge >= 0.3 is 0 Å². The molecule has 0 atom stereocenters. The minimum Gasteiger partial charge on any atom is -0.381 e. The SMILES string of the molecule is Cc1ccc2cc(CNc3ccc4c(c3)CCC(=O)N4C)ccc2n1. The van der Waals surface area contributed by atoms with Crippen molar-refractivity contribution in [3.63, 3.8) is 0 Å². The third-order valence-electron chi connectivity index (χ3n) is 4.81. The van der Waals surface area contributed by atoms with E-state index in [1.54, 1.807) is 4.90 Å². The minimum absolute atomic E-state index is 0.188. The number of hydrogen-bond acceptors (Lipinski definition) is 3. The quantitative estimate of drug-likeness (QED) is 0.787. The van der Waals surface area contributed by atoms with E-state index in [0.29, 0.717) is 6.42 Å². The first-order valence-corrected chi connectivity index (χ1v) is 8.60. The highest BCUT2D eigenvalue weighted by molar-refractivity contribution is 5.96. The zero-order chi connectivity index (χ0) is 17.4. The third-order valence-corrected chi connectivity index (χ3v) is 4.81.